The van der Waals surface area contributed by atoms with Crippen LogP contribution in [0.5, 0.6) is 0 Å². The molecule has 2 aromatic rings. The van der Waals surface area contributed by atoms with Crippen LogP contribution in [-0.4, -0.2) is 22.1 Å². The lowest BCUT2D eigenvalue weighted by Crippen LogP contribution is -2.20. The lowest BCUT2D eigenvalue weighted by Gasteiger charge is -2.12. The summed E-state index contributed by atoms with van der Waals surface area (Å²) in [7, 11) is 0. The molecule has 0 saturated carbocycles. The third-order valence-corrected chi connectivity index (χ3v) is 4.79. The van der Waals surface area contributed by atoms with Gasteiger partial charge in [-0.25, -0.2) is 0 Å². The van der Waals surface area contributed by atoms with Gasteiger partial charge in [0, 0.05) is 21.4 Å². The molecule has 1 atom stereocenters. The van der Waals surface area contributed by atoms with Gasteiger partial charge >= 0.3 is 5.97 Å². The number of carbonyl (C=O) groups excluding carboxylic acids is 1. The molecule has 1 N–H and O–H groups in total. The van der Waals surface area contributed by atoms with Gasteiger partial charge in [0.25, 0.3) is 0 Å². The first-order chi connectivity index (χ1) is 10.5. The van der Waals surface area contributed by atoms with Gasteiger partial charge in [0.05, 0.1) is 0 Å². The number of halogens is 1. The SMILES string of the molecule is Cc1cccc(SC(CC(=O)c2ccc(Br)cc2)C(=O)O)c1. The molecule has 0 saturated heterocycles. The Kier molecular flexibility index (Phi) is 5.80. The molecule has 0 aliphatic rings. The van der Waals surface area contributed by atoms with Crippen LogP contribution in [0.1, 0.15) is 22.3 Å². The molecule has 114 valence electrons. The van der Waals surface area contributed by atoms with Crippen LogP contribution >= 0.6 is 27.7 Å². The molecule has 2 rings (SSSR count). The molecule has 5 heteroatoms. The van der Waals surface area contributed by atoms with Crippen LogP contribution in [-0.2, 0) is 4.79 Å². The second kappa shape index (κ2) is 7.61. The van der Waals surface area contributed by atoms with Crippen LogP contribution in [0.15, 0.2) is 57.9 Å². The number of aliphatic carboxylic acids is 1. The number of thioether (sulfide) groups is 1. The molecule has 2 aromatic carbocycles. The summed E-state index contributed by atoms with van der Waals surface area (Å²) in [5.74, 6) is -1.14. The zero-order chi connectivity index (χ0) is 16.1. The van der Waals surface area contributed by atoms with Gasteiger partial charge in [0.2, 0.25) is 0 Å². The van der Waals surface area contributed by atoms with E-state index in [9.17, 15) is 14.7 Å². The molecule has 0 fully saturated rings. The van der Waals surface area contributed by atoms with Crippen LogP contribution in [0.25, 0.3) is 0 Å². The van der Waals surface area contributed by atoms with E-state index in [1.165, 1.54) is 11.8 Å². The number of hydrogen-bond acceptors (Lipinski definition) is 3. The summed E-state index contributed by atoms with van der Waals surface area (Å²) in [6, 6.07) is 14.6. The molecule has 1 unspecified atom stereocenters. The maximum Gasteiger partial charge on any atom is 0.317 e. The molecule has 0 bridgehead atoms. The summed E-state index contributed by atoms with van der Waals surface area (Å²) in [5, 5.41) is 8.57. The highest BCUT2D eigenvalue weighted by molar-refractivity contribution is 9.10. The first-order valence-corrected chi connectivity index (χ1v) is 8.38. The number of Topliss-reactive ketones (excluding diaryl/α,β-unsaturated/α-hetero) is 1. The Morgan fingerprint density at radius 1 is 1.18 bits per heavy atom. The lowest BCUT2D eigenvalue weighted by molar-refractivity contribution is -0.136. The minimum Gasteiger partial charge on any atom is -0.480 e. The highest BCUT2D eigenvalue weighted by Crippen LogP contribution is 2.27. The van der Waals surface area contributed by atoms with Gasteiger partial charge in [-0.15, -0.1) is 11.8 Å². The lowest BCUT2D eigenvalue weighted by atomic mass is 10.1. The molecule has 0 radical (unpaired) electrons. The molecular formula is C17H15BrO3S. The second-order valence-corrected chi connectivity index (χ2v) is 7.09. The van der Waals surface area contributed by atoms with E-state index in [0.29, 0.717) is 5.56 Å². The van der Waals surface area contributed by atoms with Gasteiger partial charge in [-0.1, -0.05) is 45.8 Å². The predicted molar refractivity (Wildman–Crippen MR) is 91.5 cm³/mol. The van der Waals surface area contributed by atoms with E-state index in [1.54, 1.807) is 24.3 Å². The number of benzene rings is 2. The Bertz CT molecular complexity index is 683. The third kappa shape index (κ3) is 4.71. The van der Waals surface area contributed by atoms with Gasteiger partial charge in [0.15, 0.2) is 5.78 Å². The van der Waals surface area contributed by atoms with Crippen LogP contribution in [0.4, 0.5) is 0 Å². The van der Waals surface area contributed by atoms with Gasteiger partial charge in [-0.3, -0.25) is 9.59 Å². The largest absolute Gasteiger partial charge is 0.480 e. The topological polar surface area (TPSA) is 54.4 Å². The molecule has 0 amide bonds. The maximum absolute atomic E-state index is 12.2. The predicted octanol–water partition coefficient (Wildman–Crippen LogP) is 4.58. The summed E-state index contributed by atoms with van der Waals surface area (Å²) in [5.41, 5.74) is 1.59. The van der Waals surface area contributed by atoms with E-state index in [4.69, 9.17) is 0 Å². The summed E-state index contributed by atoms with van der Waals surface area (Å²) in [4.78, 5) is 24.5. The summed E-state index contributed by atoms with van der Waals surface area (Å²) < 4.78 is 0.882. The van der Waals surface area contributed by atoms with Crippen molar-refractivity contribution >= 4 is 39.4 Å². The summed E-state index contributed by atoms with van der Waals surface area (Å²) in [6.07, 6.45) is -0.0322. The normalized spacial score (nSPS) is 11.9. The highest BCUT2D eigenvalue weighted by atomic mass is 79.9. The van der Waals surface area contributed by atoms with Crippen molar-refractivity contribution in [3.8, 4) is 0 Å². The van der Waals surface area contributed by atoms with Gasteiger partial charge in [-0.05, 0) is 31.2 Å². The standard InChI is InChI=1S/C17H15BrO3S/c1-11-3-2-4-14(9-11)22-16(17(20)21)10-15(19)12-5-7-13(18)8-6-12/h2-9,16H,10H2,1H3,(H,20,21). The maximum atomic E-state index is 12.2. The number of carboxylic acid groups (broad SMARTS) is 1. The smallest absolute Gasteiger partial charge is 0.317 e. The molecule has 0 aliphatic heterocycles. The van der Waals surface area contributed by atoms with Crippen molar-refractivity contribution in [1.29, 1.82) is 0 Å². The second-order valence-electron chi connectivity index (χ2n) is 4.90. The Balaban J connectivity index is 2.10. The van der Waals surface area contributed by atoms with Gasteiger partial charge < -0.3 is 5.11 Å². The van der Waals surface area contributed by atoms with Crippen molar-refractivity contribution in [3.05, 3.63) is 64.1 Å². The number of carbonyl (C=O) groups is 2. The Morgan fingerprint density at radius 3 is 2.45 bits per heavy atom. The number of ketones is 1. The molecule has 22 heavy (non-hydrogen) atoms. The van der Waals surface area contributed by atoms with Crippen molar-refractivity contribution in [2.45, 2.75) is 23.5 Å². The van der Waals surface area contributed by atoms with E-state index in [0.717, 1.165) is 14.9 Å². The summed E-state index contributed by atoms with van der Waals surface area (Å²) >= 11 is 4.52. The fourth-order valence-corrected chi connectivity index (χ4v) is 3.29. The molecule has 0 aliphatic carbocycles. The van der Waals surface area contributed by atoms with Crippen LogP contribution < -0.4 is 0 Å². The first-order valence-electron chi connectivity index (χ1n) is 6.70. The van der Waals surface area contributed by atoms with E-state index < -0.39 is 11.2 Å². The Morgan fingerprint density at radius 2 is 1.86 bits per heavy atom. The Hall–Kier alpha value is -1.59. The number of carboxylic acids is 1. The van der Waals surface area contributed by atoms with Gasteiger partial charge in [-0.2, -0.15) is 0 Å². The third-order valence-electron chi connectivity index (χ3n) is 3.08. The molecule has 0 spiro atoms. The zero-order valence-corrected chi connectivity index (χ0v) is 14.4. The molecule has 0 aromatic heterocycles. The highest BCUT2D eigenvalue weighted by Gasteiger charge is 2.23. The van der Waals surface area contributed by atoms with Crippen molar-refractivity contribution < 1.29 is 14.7 Å². The van der Waals surface area contributed by atoms with E-state index in [-0.39, 0.29) is 12.2 Å². The van der Waals surface area contributed by atoms with Crippen LogP contribution in [0.3, 0.4) is 0 Å². The first kappa shape index (κ1) is 16.8. The minimum absolute atomic E-state index is 0.0322. The fraction of sp³-hybridized carbons (Fsp3) is 0.176. The van der Waals surface area contributed by atoms with E-state index in [1.807, 2.05) is 31.2 Å². The molecular weight excluding hydrogens is 364 g/mol. The average Bonchev–Trinajstić information content (AvgIpc) is 2.47. The van der Waals surface area contributed by atoms with Crippen molar-refractivity contribution in [3.63, 3.8) is 0 Å². The van der Waals surface area contributed by atoms with Crippen LogP contribution in [0, 0.1) is 6.92 Å². The Labute approximate surface area is 141 Å². The van der Waals surface area contributed by atoms with Crippen molar-refractivity contribution in [1.82, 2.24) is 0 Å². The van der Waals surface area contributed by atoms with Crippen LogP contribution in [0.2, 0.25) is 0 Å². The monoisotopic (exact) mass is 378 g/mol. The number of rotatable bonds is 6. The minimum atomic E-state index is -0.975. The molecule has 3 nitrogen and oxygen atoms in total. The van der Waals surface area contributed by atoms with E-state index in [2.05, 4.69) is 15.9 Å². The number of hydrogen-bond donors (Lipinski definition) is 1. The van der Waals surface area contributed by atoms with E-state index >= 15 is 0 Å². The average molecular weight is 379 g/mol. The van der Waals surface area contributed by atoms with Crippen molar-refractivity contribution in [2.75, 3.05) is 0 Å². The molecule has 0 heterocycles. The number of aryl methyl sites for hydroxylation is 1. The van der Waals surface area contributed by atoms with Crippen molar-refractivity contribution in [2.24, 2.45) is 0 Å². The zero-order valence-electron chi connectivity index (χ0n) is 12.0. The van der Waals surface area contributed by atoms with Gasteiger partial charge in [0.1, 0.15) is 5.25 Å². The fourth-order valence-electron chi connectivity index (χ4n) is 1.95. The summed E-state index contributed by atoms with van der Waals surface area (Å²) in [6.45, 7) is 1.95. The quantitative estimate of drug-likeness (QED) is 0.590.